The highest BCUT2D eigenvalue weighted by Gasteiger charge is 2.25. The van der Waals surface area contributed by atoms with Crippen LogP contribution in [0.1, 0.15) is 24.6 Å². The quantitative estimate of drug-likeness (QED) is 0.932. The second-order valence-electron chi connectivity index (χ2n) is 4.72. The summed E-state index contributed by atoms with van der Waals surface area (Å²) in [5.74, 6) is 0.745. The van der Waals surface area contributed by atoms with Crippen LogP contribution in [-0.4, -0.2) is 21.2 Å². The highest BCUT2D eigenvalue weighted by atomic mass is 35.5. The van der Waals surface area contributed by atoms with Crippen LogP contribution in [0.4, 0.5) is 5.82 Å². The first kappa shape index (κ1) is 12.3. The molecule has 2 aromatic rings. The summed E-state index contributed by atoms with van der Waals surface area (Å²) in [7, 11) is 1.80. The summed E-state index contributed by atoms with van der Waals surface area (Å²) >= 11 is 6.12. The molecule has 0 amide bonds. The third-order valence-electron chi connectivity index (χ3n) is 3.31. The number of nitrogens with zero attached hydrogens (tertiary/aromatic N) is 3. The fraction of sp³-hybridized carbons (Fsp3) is 0.385. The van der Waals surface area contributed by atoms with E-state index in [0.29, 0.717) is 23.3 Å². The first-order valence-electron chi connectivity index (χ1n) is 6.29. The Morgan fingerprint density at radius 1 is 1.42 bits per heavy atom. The van der Waals surface area contributed by atoms with Gasteiger partial charge in [0, 0.05) is 25.5 Å². The summed E-state index contributed by atoms with van der Waals surface area (Å²) in [5.41, 5.74) is 0.708. The van der Waals surface area contributed by atoms with Gasteiger partial charge in [0.05, 0.1) is 17.3 Å². The van der Waals surface area contributed by atoms with E-state index in [1.54, 1.807) is 28.4 Å². The van der Waals surface area contributed by atoms with Crippen molar-refractivity contribution in [3.63, 3.8) is 0 Å². The maximum absolute atomic E-state index is 12.2. The normalized spacial score (nSPS) is 14.6. The van der Waals surface area contributed by atoms with Crippen molar-refractivity contribution in [3.8, 4) is 0 Å². The summed E-state index contributed by atoms with van der Waals surface area (Å²) in [6.07, 6.45) is 5.83. The van der Waals surface area contributed by atoms with Crippen molar-refractivity contribution in [1.29, 1.82) is 0 Å². The SMILES string of the molecule is CNc1ccc(Cl)c(Cn2ccn(C3CC3)c2=O)n1. The average molecular weight is 279 g/mol. The van der Waals surface area contributed by atoms with Crippen LogP contribution in [0.15, 0.2) is 29.3 Å². The summed E-state index contributed by atoms with van der Waals surface area (Å²) in [6, 6.07) is 3.99. The second-order valence-corrected chi connectivity index (χ2v) is 5.13. The number of halogens is 1. The Hall–Kier alpha value is -1.75. The van der Waals surface area contributed by atoms with Gasteiger partial charge in [-0.3, -0.25) is 9.13 Å². The lowest BCUT2D eigenvalue weighted by molar-refractivity contribution is 0.651. The average Bonchev–Trinajstić information content (AvgIpc) is 3.19. The Bertz CT molecular complexity index is 657. The number of imidazole rings is 1. The molecule has 2 heterocycles. The minimum Gasteiger partial charge on any atom is -0.373 e. The van der Waals surface area contributed by atoms with E-state index in [2.05, 4.69) is 10.3 Å². The van der Waals surface area contributed by atoms with E-state index in [9.17, 15) is 4.79 Å². The zero-order chi connectivity index (χ0) is 13.4. The van der Waals surface area contributed by atoms with E-state index < -0.39 is 0 Å². The van der Waals surface area contributed by atoms with E-state index in [-0.39, 0.29) is 5.69 Å². The van der Waals surface area contributed by atoms with Crippen molar-refractivity contribution >= 4 is 17.4 Å². The molecule has 0 atom stereocenters. The zero-order valence-corrected chi connectivity index (χ0v) is 11.4. The predicted molar refractivity (Wildman–Crippen MR) is 74.9 cm³/mol. The van der Waals surface area contributed by atoms with Crippen LogP contribution < -0.4 is 11.0 Å². The monoisotopic (exact) mass is 278 g/mol. The van der Waals surface area contributed by atoms with Gasteiger partial charge in [0.2, 0.25) is 0 Å². The van der Waals surface area contributed by atoms with Gasteiger partial charge in [-0.2, -0.15) is 0 Å². The molecule has 0 radical (unpaired) electrons. The molecule has 0 unspecified atom stereocenters. The van der Waals surface area contributed by atoms with Gasteiger partial charge >= 0.3 is 5.69 Å². The van der Waals surface area contributed by atoms with Gasteiger partial charge < -0.3 is 5.32 Å². The molecule has 0 aliphatic heterocycles. The largest absolute Gasteiger partial charge is 0.373 e. The first-order valence-corrected chi connectivity index (χ1v) is 6.67. The smallest absolute Gasteiger partial charge is 0.328 e. The predicted octanol–water partition coefficient (Wildman–Crippen LogP) is 2.12. The van der Waals surface area contributed by atoms with Crippen molar-refractivity contribution in [2.45, 2.75) is 25.4 Å². The molecule has 0 saturated heterocycles. The van der Waals surface area contributed by atoms with E-state index >= 15 is 0 Å². The van der Waals surface area contributed by atoms with Crippen LogP contribution in [0.3, 0.4) is 0 Å². The van der Waals surface area contributed by atoms with Gasteiger partial charge in [0.1, 0.15) is 5.82 Å². The van der Waals surface area contributed by atoms with Crippen molar-refractivity contribution in [2.75, 3.05) is 12.4 Å². The number of rotatable bonds is 4. The fourth-order valence-corrected chi connectivity index (χ4v) is 2.24. The number of aromatic nitrogens is 3. The van der Waals surface area contributed by atoms with Crippen LogP contribution in [0.2, 0.25) is 5.02 Å². The van der Waals surface area contributed by atoms with Crippen molar-refractivity contribution in [2.24, 2.45) is 0 Å². The molecule has 0 spiro atoms. The highest BCUT2D eigenvalue weighted by molar-refractivity contribution is 6.31. The molecule has 1 aliphatic rings. The van der Waals surface area contributed by atoms with Gasteiger partial charge in [-0.1, -0.05) is 11.6 Å². The van der Waals surface area contributed by atoms with Crippen molar-refractivity contribution in [3.05, 3.63) is 45.7 Å². The minimum absolute atomic E-state index is 0.00947. The number of hydrogen-bond donors (Lipinski definition) is 1. The molecule has 1 saturated carbocycles. The van der Waals surface area contributed by atoms with E-state index in [4.69, 9.17) is 11.6 Å². The minimum atomic E-state index is 0.00947. The Labute approximate surface area is 115 Å². The molecule has 6 heteroatoms. The van der Waals surface area contributed by atoms with Gasteiger partial charge in [-0.25, -0.2) is 9.78 Å². The highest BCUT2D eigenvalue weighted by Crippen LogP contribution is 2.33. The molecular weight excluding hydrogens is 264 g/mol. The zero-order valence-electron chi connectivity index (χ0n) is 10.6. The van der Waals surface area contributed by atoms with E-state index in [1.165, 1.54) is 0 Å². The standard InChI is InChI=1S/C13H15ClN4O/c1-15-12-5-4-10(14)11(16-12)8-17-6-7-18(13(17)19)9-2-3-9/h4-7,9H,2-3,8H2,1H3,(H,15,16). The second kappa shape index (κ2) is 4.74. The molecular formula is C13H15ClN4O. The lowest BCUT2D eigenvalue weighted by Gasteiger charge is -2.06. The van der Waals surface area contributed by atoms with Gasteiger partial charge in [-0.15, -0.1) is 0 Å². The molecule has 2 aromatic heterocycles. The topological polar surface area (TPSA) is 51.9 Å². The summed E-state index contributed by atoms with van der Waals surface area (Å²) < 4.78 is 3.43. The van der Waals surface area contributed by atoms with Crippen LogP contribution in [0.5, 0.6) is 0 Å². The Morgan fingerprint density at radius 2 is 2.21 bits per heavy atom. The molecule has 1 aliphatic carbocycles. The first-order chi connectivity index (χ1) is 9.19. The van der Waals surface area contributed by atoms with Crippen LogP contribution in [0.25, 0.3) is 0 Å². The van der Waals surface area contributed by atoms with E-state index in [0.717, 1.165) is 18.7 Å². The molecule has 0 aromatic carbocycles. The molecule has 0 bridgehead atoms. The Morgan fingerprint density at radius 3 is 2.89 bits per heavy atom. The summed E-state index contributed by atoms with van der Waals surface area (Å²) in [4.78, 5) is 16.5. The van der Waals surface area contributed by atoms with Gasteiger partial charge in [-0.05, 0) is 25.0 Å². The molecule has 3 rings (SSSR count). The molecule has 5 nitrogen and oxygen atoms in total. The molecule has 1 fully saturated rings. The number of pyridine rings is 1. The van der Waals surface area contributed by atoms with Crippen LogP contribution >= 0.6 is 11.6 Å². The Kier molecular flexibility index (Phi) is 3.06. The number of hydrogen-bond acceptors (Lipinski definition) is 3. The van der Waals surface area contributed by atoms with Crippen LogP contribution in [-0.2, 0) is 6.54 Å². The molecule has 1 N–H and O–H groups in total. The van der Waals surface area contributed by atoms with Crippen molar-refractivity contribution < 1.29 is 0 Å². The summed E-state index contributed by atoms with van der Waals surface area (Å²) in [6.45, 7) is 0.396. The third-order valence-corrected chi connectivity index (χ3v) is 3.65. The maximum atomic E-state index is 12.2. The van der Waals surface area contributed by atoms with Gasteiger partial charge in [0.25, 0.3) is 0 Å². The molecule has 19 heavy (non-hydrogen) atoms. The number of nitrogens with one attached hydrogen (secondary N) is 1. The maximum Gasteiger partial charge on any atom is 0.328 e. The lowest BCUT2D eigenvalue weighted by Crippen LogP contribution is -2.24. The summed E-state index contributed by atoms with van der Waals surface area (Å²) in [5, 5.41) is 3.54. The lowest BCUT2D eigenvalue weighted by atomic mass is 10.3. The van der Waals surface area contributed by atoms with Gasteiger partial charge in [0.15, 0.2) is 0 Å². The Balaban J connectivity index is 1.90. The van der Waals surface area contributed by atoms with Crippen molar-refractivity contribution in [1.82, 2.24) is 14.1 Å². The number of anilines is 1. The van der Waals surface area contributed by atoms with E-state index in [1.807, 2.05) is 12.3 Å². The van der Waals surface area contributed by atoms with Crippen LogP contribution in [0, 0.1) is 0 Å². The third kappa shape index (κ3) is 2.38. The molecule has 100 valence electrons. The fourth-order valence-electron chi connectivity index (χ4n) is 2.07.